The van der Waals surface area contributed by atoms with Crippen molar-refractivity contribution in [3.05, 3.63) is 53.6 Å². The molecule has 134 valence electrons. The van der Waals surface area contributed by atoms with E-state index in [0.717, 1.165) is 23.3 Å². The predicted molar refractivity (Wildman–Crippen MR) is 87.8 cm³/mol. The molecule has 0 spiro atoms. The van der Waals surface area contributed by atoms with Gasteiger partial charge in [-0.1, -0.05) is 6.07 Å². The number of anilines is 1. The van der Waals surface area contributed by atoms with Gasteiger partial charge in [0.2, 0.25) is 0 Å². The number of hydrogen-bond donors (Lipinski definition) is 1. The summed E-state index contributed by atoms with van der Waals surface area (Å²) >= 11 is 0. The van der Waals surface area contributed by atoms with Crippen molar-refractivity contribution in [3.63, 3.8) is 0 Å². The van der Waals surface area contributed by atoms with Crippen LogP contribution in [0.25, 0.3) is 0 Å². The molecule has 2 aromatic rings. The smallest absolute Gasteiger partial charge is 0.481 e. The van der Waals surface area contributed by atoms with Crippen LogP contribution in [0.4, 0.5) is 18.9 Å². The van der Waals surface area contributed by atoms with E-state index in [9.17, 15) is 18.0 Å². The van der Waals surface area contributed by atoms with Gasteiger partial charge >= 0.3 is 6.36 Å². The largest absolute Gasteiger partial charge is 0.573 e. The van der Waals surface area contributed by atoms with E-state index in [1.807, 2.05) is 26.0 Å². The SMILES string of the molecule is Cc1ccc(O[C@H](C)C(=O)Nc2ccc(OC(F)(F)F)cc2)cc1C. The molecule has 2 rings (SSSR count). The van der Waals surface area contributed by atoms with Crippen molar-refractivity contribution < 1.29 is 27.4 Å². The molecule has 0 bridgehead atoms. The predicted octanol–water partition coefficient (Wildman–Crippen LogP) is 4.61. The quantitative estimate of drug-likeness (QED) is 0.854. The Kier molecular flexibility index (Phi) is 5.56. The van der Waals surface area contributed by atoms with Gasteiger partial charge in [0.05, 0.1) is 0 Å². The average Bonchev–Trinajstić information content (AvgIpc) is 2.51. The lowest BCUT2D eigenvalue weighted by atomic mass is 10.1. The molecule has 0 aromatic heterocycles. The summed E-state index contributed by atoms with van der Waals surface area (Å²) in [7, 11) is 0. The second-order valence-corrected chi connectivity index (χ2v) is 5.57. The second kappa shape index (κ2) is 7.46. The van der Waals surface area contributed by atoms with Gasteiger partial charge in [0.25, 0.3) is 5.91 Å². The summed E-state index contributed by atoms with van der Waals surface area (Å²) < 4.78 is 45.7. The van der Waals surface area contributed by atoms with Crippen LogP contribution in [0.2, 0.25) is 0 Å². The molecule has 0 aliphatic heterocycles. The minimum atomic E-state index is -4.75. The maximum absolute atomic E-state index is 12.1. The molecular formula is C18H18F3NO3. The summed E-state index contributed by atoms with van der Waals surface area (Å²) in [5.74, 6) is -0.202. The van der Waals surface area contributed by atoms with Gasteiger partial charge in [-0.2, -0.15) is 0 Å². The Morgan fingerprint density at radius 3 is 2.16 bits per heavy atom. The van der Waals surface area contributed by atoms with Crippen molar-refractivity contribution in [1.29, 1.82) is 0 Å². The summed E-state index contributed by atoms with van der Waals surface area (Å²) in [6.45, 7) is 5.50. The molecule has 1 N–H and O–H groups in total. The van der Waals surface area contributed by atoms with Crippen molar-refractivity contribution in [2.75, 3.05) is 5.32 Å². The van der Waals surface area contributed by atoms with Gasteiger partial charge in [0, 0.05) is 5.69 Å². The number of benzene rings is 2. The third-order valence-corrected chi connectivity index (χ3v) is 3.52. The maximum atomic E-state index is 12.1. The first kappa shape index (κ1) is 18.6. The molecular weight excluding hydrogens is 335 g/mol. The molecule has 0 aliphatic rings. The molecule has 0 saturated carbocycles. The van der Waals surface area contributed by atoms with E-state index in [0.29, 0.717) is 11.4 Å². The van der Waals surface area contributed by atoms with Gasteiger partial charge in [-0.3, -0.25) is 4.79 Å². The molecule has 0 saturated heterocycles. The molecule has 0 fully saturated rings. The first-order chi connectivity index (χ1) is 11.6. The van der Waals surface area contributed by atoms with Crippen LogP contribution in [-0.4, -0.2) is 18.4 Å². The van der Waals surface area contributed by atoms with Crippen molar-refractivity contribution in [1.82, 2.24) is 0 Å². The molecule has 1 atom stereocenters. The fraction of sp³-hybridized carbons (Fsp3) is 0.278. The van der Waals surface area contributed by atoms with Gasteiger partial charge in [-0.25, -0.2) is 0 Å². The Balaban J connectivity index is 1.95. The molecule has 25 heavy (non-hydrogen) atoms. The van der Waals surface area contributed by atoms with Crippen LogP contribution in [-0.2, 0) is 4.79 Å². The van der Waals surface area contributed by atoms with Gasteiger partial charge < -0.3 is 14.8 Å². The van der Waals surface area contributed by atoms with Gasteiger partial charge in [0.15, 0.2) is 6.10 Å². The first-order valence-corrected chi connectivity index (χ1v) is 7.54. The lowest BCUT2D eigenvalue weighted by molar-refractivity contribution is -0.274. The highest BCUT2D eigenvalue weighted by atomic mass is 19.4. The monoisotopic (exact) mass is 353 g/mol. The van der Waals surface area contributed by atoms with Crippen LogP contribution < -0.4 is 14.8 Å². The van der Waals surface area contributed by atoms with E-state index in [1.54, 1.807) is 13.0 Å². The van der Waals surface area contributed by atoms with E-state index in [4.69, 9.17) is 4.74 Å². The zero-order valence-electron chi connectivity index (χ0n) is 14.0. The number of rotatable bonds is 5. The van der Waals surface area contributed by atoms with E-state index >= 15 is 0 Å². The van der Waals surface area contributed by atoms with Crippen LogP contribution in [0.1, 0.15) is 18.1 Å². The second-order valence-electron chi connectivity index (χ2n) is 5.57. The standard InChI is InChI=1S/C18H18F3NO3/c1-11-4-7-16(10-12(11)2)24-13(3)17(23)22-14-5-8-15(9-6-14)25-18(19,20)21/h4-10,13H,1-3H3,(H,22,23)/t13-/m1/s1. The van der Waals surface area contributed by atoms with Gasteiger partial charge in [-0.15, -0.1) is 13.2 Å². The zero-order chi connectivity index (χ0) is 18.6. The van der Waals surface area contributed by atoms with Crippen LogP contribution in [0.5, 0.6) is 11.5 Å². The molecule has 0 unspecified atom stereocenters. The molecule has 7 heteroatoms. The third kappa shape index (κ3) is 5.70. The van der Waals surface area contributed by atoms with Crippen LogP contribution in [0.3, 0.4) is 0 Å². The normalized spacial score (nSPS) is 12.4. The summed E-state index contributed by atoms with van der Waals surface area (Å²) in [4.78, 5) is 12.1. The van der Waals surface area contributed by atoms with Gasteiger partial charge in [0.1, 0.15) is 11.5 Å². The number of carbonyl (C=O) groups excluding carboxylic acids is 1. The average molecular weight is 353 g/mol. The highest BCUT2D eigenvalue weighted by Crippen LogP contribution is 2.24. The van der Waals surface area contributed by atoms with Crippen LogP contribution in [0, 0.1) is 13.8 Å². The molecule has 1 amide bonds. The minimum absolute atomic E-state index is 0.343. The van der Waals surface area contributed by atoms with E-state index in [2.05, 4.69) is 10.1 Å². The number of hydrogen-bond acceptors (Lipinski definition) is 3. The Morgan fingerprint density at radius 2 is 1.60 bits per heavy atom. The Hall–Kier alpha value is -2.70. The highest BCUT2D eigenvalue weighted by molar-refractivity contribution is 5.94. The molecule has 0 radical (unpaired) electrons. The topological polar surface area (TPSA) is 47.6 Å². The number of amides is 1. The number of alkyl halides is 3. The van der Waals surface area contributed by atoms with Crippen molar-refractivity contribution >= 4 is 11.6 Å². The molecule has 0 aliphatic carbocycles. The molecule has 4 nitrogen and oxygen atoms in total. The van der Waals surface area contributed by atoms with E-state index in [-0.39, 0.29) is 5.75 Å². The number of halogens is 3. The maximum Gasteiger partial charge on any atom is 0.573 e. The number of aryl methyl sites for hydroxylation is 2. The van der Waals surface area contributed by atoms with E-state index in [1.165, 1.54) is 12.1 Å². The lowest BCUT2D eigenvalue weighted by Gasteiger charge is -2.16. The fourth-order valence-electron chi connectivity index (χ4n) is 2.03. The van der Waals surface area contributed by atoms with Crippen molar-refractivity contribution in [3.8, 4) is 11.5 Å². The summed E-state index contributed by atoms with van der Waals surface area (Å²) in [6.07, 6.45) is -5.52. The highest BCUT2D eigenvalue weighted by Gasteiger charge is 2.31. The lowest BCUT2D eigenvalue weighted by Crippen LogP contribution is -2.30. The summed E-state index contributed by atoms with van der Waals surface area (Å²) in [5.41, 5.74) is 2.51. The first-order valence-electron chi connectivity index (χ1n) is 7.54. The van der Waals surface area contributed by atoms with Crippen molar-refractivity contribution in [2.24, 2.45) is 0 Å². The minimum Gasteiger partial charge on any atom is -0.481 e. The van der Waals surface area contributed by atoms with Crippen molar-refractivity contribution in [2.45, 2.75) is 33.2 Å². The summed E-state index contributed by atoms with van der Waals surface area (Å²) in [5, 5.41) is 2.58. The van der Waals surface area contributed by atoms with E-state index < -0.39 is 18.4 Å². The molecule has 2 aromatic carbocycles. The van der Waals surface area contributed by atoms with Crippen LogP contribution in [0.15, 0.2) is 42.5 Å². The number of ether oxygens (including phenoxy) is 2. The third-order valence-electron chi connectivity index (χ3n) is 3.52. The Bertz CT molecular complexity index is 742. The number of carbonyl (C=O) groups is 1. The van der Waals surface area contributed by atoms with Gasteiger partial charge in [-0.05, 0) is 68.3 Å². The Morgan fingerprint density at radius 1 is 1.00 bits per heavy atom. The summed E-state index contributed by atoms with van der Waals surface area (Å²) in [6, 6.07) is 10.4. The number of nitrogens with one attached hydrogen (secondary N) is 1. The Labute approximate surface area is 143 Å². The van der Waals surface area contributed by atoms with Crippen LogP contribution >= 0.6 is 0 Å². The fourth-order valence-corrected chi connectivity index (χ4v) is 2.03. The zero-order valence-corrected chi connectivity index (χ0v) is 14.0. The molecule has 0 heterocycles.